The van der Waals surface area contributed by atoms with Gasteiger partial charge in [0.15, 0.2) is 5.13 Å². The number of anilines is 1. The summed E-state index contributed by atoms with van der Waals surface area (Å²) in [5.41, 5.74) is 6.51. The molecular weight excluding hydrogens is 262 g/mol. The SMILES string of the molecule is Nc1ncc(CCN2C(=O)c3ccccc3C2=O)s1. The molecule has 0 saturated heterocycles. The molecule has 1 aliphatic rings. The van der Waals surface area contributed by atoms with Crippen molar-refractivity contribution in [2.24, 2.45) is 0 Å². The van der Waals surface area contributed by atoms with Crippen LogP contribution >= 0.6 is 11.3 Å². The first kappa shape index (κ1) is 11.9. The molecule has 1 aromatic carbocycles. The van der Waals surface area contributed by atoms with Gasteiger partial charge < -0.3 is 5.73 Å². The van der Waals surface area contributed by atoms with Gasteiger partial charge in [-0.1, -0.05) is 12.1 Å². The lowest BCUT2D eigenvalue weighted by Gasteiger charge is -2.12. The molecule has 2 aromatic rings. The maximum absolute atomic E-state index is 12.1. The third kappa shape index (κ3) is 2.00. The Morgan fingerprint density at radius 2 is 1.79 bits per heavy atom. The highest BCUT2D eigenvalue weighted by Crippen LogP contribution is 2.23. The van der Waals surface area contributed by atoms with Crippen LogP contribution in [0.5, 0.6) is 0 Å². The number of aromatic nitrogens is 1. The minimum atomic E-state index is -0.224. The van der Waals surface area contributed by atoms with Crippen molar-refractivity contribution in [1.29, 1.82) is 0 Å². The fourth-order valence-electron chi connectivity index (χ4n) is 2.10. The minimum absolute atomic E-state index is 0.224. The highest BCUT2D eigenvalue weighted by molar-refractivity contribution is 7.15. The van der Waals surface area contributed by atoms with E-state index >= 15 is 0 Å². The number of nitrogens with zero attached hydrogens (tertiary/aromatic N) is 2. The van der Waals surface area contributed by atoms with Gasteiger partial charge in [0.05, 0.1) is 11.1 Å². The van der Waals surface area contributed by atoms with Gasteiger partial charge in [-0.05, 0) is 12.1 Å². The van der Waals surface area contributed by atoms with Crippen molar-refractivity contribution >= 4 is 28.3 Å². The van der Waals surface area contributed by atoms with E-state index in [1.165, 1.54) is 16.2 Å². The van der Waals surface area contributed by atoms with Crippen LogP contribution in [-0.2, 0) is 6.42 Å². The van der Waals surface area contributed by atoms with Gasteiger partial charge in [0.25, 0.3) is 11.8 Å². The Balaban J connectivity index is 1.77. The summed E-state index contributed by atoms with van der Waals surface area (Å²) in [6.07, 6.45) is 2.26. The normalized spacial score (nSPS) is 14.0. The van der Waals surface area contributed by atoms with Crippen molar-refractivity contribution in [1.82, 2.24) is 9.88 Å². The molecule has 0 aliphatic carbocycles. The molecule has 19 heavy (non-hydrogen) atoms. The number of nitrogens with two attached hydrogens (primary N) is 1. The summed E-state index contributed by atoms with van der Waals surface area (Å²) in [4.78, 5) is 30.4. The van der Waals surface area contributed by atoms with E-state index in [9.17, 15) is 9.59 Å². The average Bonchev–Trinajstić information content (AvgIpc) is 2.93. The molecule has 2 N–H and O–H groups in total. The number of hydrogen-bond donors (Lipinski definition) is 1. The van der Waals surface area contributed by atoms with Gasteiger partial charge in [-0.25, -0.2) is 4.98 Å². The maximum Gasteiger partial charge on any atom is 0.261 e. The van der Waals surface area contributed by atoms with Gasteiger partial charge in [-0.3, -0.25) is 14.5 Å². The summed E-state index contributed by atoms with van der Waals surface area (Å²) < 4.78 is 0. The summed E-state index contributed by atoms with van der Waals surface area (Å²) in [6, 6.07) is 6.88. The molecular formula is C13H11N3O2S. The number of amides is 2. The summed E-state index contributed by atoms with van der Waals surface area (Å²) in [5.74, 6) is -0.448. The molecule has 2 heterocycles. The van der Waals surface area contributed by atoms with Crippen molar-refractivity contribution in [3.8, 4) is 0 Å². The number of imide groups is 1. The summed E-state index contributed by atoms with van der Waals surface area (Å²) >= 11 is 1.37. The lowest BCUT2D eigenvalue weighted by molar-refractivity contribution is 0.0656. The number of fused-ring (bicyclic) bond motifs is 1. The molecule has 96 valence electrons. The van der Waals surface area contributed by atoms with Crippen LogP contribution in [0.3, 0.4) is 0 Å². The van der Waals surface area contributed by atoms with E-state index in [1.807, 2.05) is 0 Å². The van der Waals surface area contributed by atoms with E-state index in [-0.39, 0.29) is 11.8 Å². The average molecular weight is 273 g/mol. The second kappa shape index (κ2) is 4.47. The van der Waals surface area contributed by atoms with Crippen LogP contribution in [0.2, 0.25) is 0 Å². The second-order valence-electron chi connectivity index (χ2n) is 4.22. The van der Waals surface area contributed by atoms with Crippen molar-refractivity contribution in [3.05, 3.63) is 46.5 Å². The molecule has 3 rings (SSSR count). The molecule has 0 spiro atoms. The number of hydrogen-bond acceptors (Lipinski definition) is 5. The third-order valence-electron chi connectivity index (χ3n) is 3.03. The van der Waals surface area contributed by atoms with Crippen molar-refractivity contribution in [2.45, 2.75) is 6.42 Å². The Bertz CT molecular complexity index is 630. The molecule has 5 nitrogen and oxygen atoms in total. The number of rotatable bonds is 3. The summed E-state index contributed by atoms with van der Waals surface area (Å²) in [6.45, 7) is 0.355. The molecule has 1 aliphatic heterocycles. The van der Waals surface area contributed by atoms with Gasteiger partial charge in [-0.2, -0.15) is 0 Å². The summed E-state index contributed by atoms with van der Waals surface area (Å²) in [5, 5.41) is 0.498. The van der Waals surface area contributed by atoms with E-state index < -0.39 is 0 Å². The third-order valence-corrected chi connectivity index (χ3v) is 3.92. The van der Waals surface area contributed by atoms with Crippen molar-refractivity contribution in [3.63, 3.8) is 0 Å². The smallest absolute Gasteiger partial charge is 0.261 e. The number of thiazole rings is 1. The van der Waals surface area contributed by atoms with Crippen LogP contribution < -0.4 is 5.73 Å². The van der Waals surface area contributed by atoms with Gasteiger partial charge in [0.2, 0.25) is 0 Å². The van der Waals surface area contributed by atoms with Crippen LogP contribution in [0.4, 0.5) is 5.13 Å². The molecule has 0 fully saturated rings. The van der Waals surface area contributed by atoms with Gasteiger partial charge in [-0.15, -0.1) is 11.3 Å². The van der Waals surface area contributed by atoms with Crippen LogP contribution in [0.25, 0.3) is 0 Å². The molecule has 2 amide bonds. The van der Waals surface area contributed by atoms with Crippen LogP contribution in [-0.4, -0.2) is 28.2 Å². The predicted octanol–water partition coefficient (Wildman–Crippen LogP) is 1.56. The zero-order chi connectivity index (χ0) is 13.4. The Morgan fingerprint density at radius 3 is 2.32 bits per heavy atom. The Kier molecular flexibility index (Phi) is 2.79. The van der Waals surface area contributed by atoms with Crippen LogP contribution in [0.1, 0.15) is 25.6 Å². The fourth-order valence-corrected chi connectivity index (χ4v) is 2.78. The van der Waals surface area contributed by atoms with Crippen molar-refractivity contribution < 1.29 is 9.59 Å². The first-order valence-electron chi connectivity index (χ1n) is 5.82. The lowest BCUT2D eigenvalue weighted by atomic mass is 10.1. The quantitative estimate of drug-likeness (QED) is 0.861. The molecule has 0 unspecified atom stereocenters. The fraction of sp³-hybridized carbons (Fsp3) is 0.154. The number of benzene rings is 1. The molecule has 0 bridgehead atoms. The van der Waals surface area contributed by atoms with E-state index in [2.05, 4.69) is 4.98 Å². The zero-order valence-corrected chi connectivity index (χ0v) is 10.8. The van der Waals surface area contributed by atoms with Crippen LogP contribution in [0.15, 0.2) is 30.5 Å². The number of nitrogen functional groups attached to an aromatic ring is 1. The monoisotopic (exact) mass is 273 g/mol. The number of carbonyl (C=O) groups excluding carboxylic acids is 2. The standard InChI is InChI=1S/C13H11N3O2S/c14-13-15-7-8(19-13)5-6-16-11(17)9-3-1-2-4-10(9)12(16)18/h1-4,7H,5-6H2,(H2,14,15). The van der Waals surface area contributed by atoms with Crippen molar-refractivity contribution in [2.75, 3.05) is 12.3 Å². The molecule has 0 radical (unpaired) electrons. The van der Waals surface area contributed by atoms with E-state index in [0.29, 0.717) is 29.2 Å². The Morgan fingerprint density at radius 1 is 1.16 bits per heavy atom. The lowest BCUT2D eigenvalue weighted by Crippen LogP contribution is -2.31. The largest absolute Gasteiger partial charge is 0.375 e. The first-order chi connectivity index (χ1) is 9.16. The Hall–Kier alpha value is -2.21. The Labute approximate surface area is 113 Å². The number of carbonyl (C=O) groups is 2. The molecule has 6 heteroatoms. The topological polar surface area (TPSA) is 76.3 Å². The van der Waals surface area contributed by atoms with Crippen LogP contribution in [0, 0.1) is 0 Å². The molecule has 0 atom stereocenters. The highest BCUT2D eigenvalue weighted by atomic mass is 32.1. The van der Waals surface area contributed by atoms with Gasteiger partial charge >= 0.3 is 0 Å². The molecule has 0 saturated carbocycles. The molecule has 1 aromatic heterocycles. The zero-order valence-electron chi connectivity index (χ0n) is 10.00. The van der Waals surface area contributed by atoms with Gasteiger partial charge in [0, 0.05) is 24.0 Å². The van der Waals surface area contributed by atoms with E-state index in [1.54, 1.807) is 30.5 Å². The summed E-state index contributed by atoms with van der Waals surface area (Å²) in [7, 11) is 0. The predicted molar refractivity (Wildman–Crippen MR) is 72.0 cm³/mol. The second-order valence-corrected chi connectivity index (χ2v) is 5.37. The minimum Gasteiger partial charge on any atom is -0.375 e. The first-order valence-corrected chi connectivity index (χ1v) is 6.64. The maximum atomic E-state index is 12.1. The van der Waals surface area contributed by atoms with Gasteiger partial charge in [0.1, 0.15) is 0 Å². The van der Waals surface area contributed by atoms with E-state index in [0.717, 1.165) is 4.88 Å². The van der Waals surface area contributed by atoms with E-state index in [4.69, 9.17) is 5.73 Å². The highest BCUT2D eigenvalue weighted by Gasteiger charge is 2.34.